The van der Waals surface area contributed by atoms with Gasteiger partial charge < -0.3 is 15.4 Å². The van der Waals surface area contributed by atoms with Crippen molar-refractivity contribution < 1.29 is 4.74 Å². The number of rotatable bonds is 5. The molecule has 8 heteroatoms. The highest BCUT2D eigenvalue weighted by Gasteiger charge is 2.33. The molecule has 7 nitrogen and oxygen atoms in total. The number of fused-ring (bicyclic) bond motifs is 2. The lowest BCUT2D eigenvalue weighted by atomic mass is 9.90. The summed E-state index contributed by atoms with van der Waals surface area (Å²) < 4.78 is 8.16. The van der Waals surface area contributed by atoms with Crippen LogP contribution >= 0.6 is 24.0 Å². The Morgan fingerprint density at radius 1 is 1.20 bits per heavy atom. The van der Waals surface area contributed by atoms with Crippen molar-refractivity contribution in [1.29, 1.82) is 0 Å². The van der Waals surface area contributed by atoms with Gasteiger partial charge in [0.15, 0.2) is 11.6 Å². The lowest BCUT2D eigenvalue weighted by molar-refractivity contribution is 0.0694. The van der Waals surface area contributed by atoms with Crippen molar-refractivity contribution in [2.45, 2.75) is 44.8 Å². The SMILES string of the molecule is CN=C(NCCCc1nnc2ccccn12)NC1CC(C)(C)Oc2ccccc21.I. The Hall–Kier alpha value is -2.36. The number of aromatic nitrogens is 3. The molecule has 3 aromatic rings. The molecular weight excluding hydrogens is 491 g/mol. The summed E-state index contributed by atoms with van der Waals surface area (Å²) >= 11 is 0. The molecule has 0 spiro atoms. The van der Waals surface area contributed by atoms with Gasteiger partial charge in [-0.2, -0.15) is 0 Å². The predicted octanol–water partition coefficient (Wildman–Crippen LogP) is 3.75. The van der Waals surface area contributed by atoms with Crippen LogP contribution in [0, 0.1) is 0 Å². The van der Waals surface area contributed by atoms with E-state index in [2.05, 4.69) is 45.7 Å². The molecule has 0 saturated carbocycles. The molecule has 4 rings (SSSR count). The van der Waals surface area contributed by atoms with Gasteiger partial charge in [-0.05, 0) is 38.5 Å². The van der Waals surface area contributed by atoms with E-state index in [0.717, 1.165) is 49.0 Å². The summed E-state index contributed by atoms with van der Waals surface area (Å²) in [6.45, 7) is 5.04. The number of pyridine rings is 1. The second kappa shape index (κ2) is 9.63. The van der Waals surface area contributed by atoms with Crippen molar-refractivity contribution >= 4 is 35.6 Å². The van der Waals surface area contributed by atoms with Crippen molar-refractivity contribution in [3.8, 4) is 5.75 Å². The molecular formula is C22H29IN6O. The number of aliphatic imine (C=N–C) groups is 1. The Bertz CT molecular complexity index is 1020. The molecule has 1 atom stereocenters. The summed E-state index contributed by atoms with van der Waals surface area (Å²) in [6, 6.07) is 14.3. The van der Waals surface area contributed by atoms with Gasteiger partial charge in [-0.25, -0.2) is 0 Å². The number of guanidine groups is 1. The van der Waals surface area contributed by atoms with Gasteiger partial charge in [-0.3, -0.25) is 9.39 Å². The molecule has 1 aromatic carbocycles. The predicted molar refractivity (Wildman–Crippen MR) is 130 cm³/mol. The topological polar surface area (TPSA) is 75.8 Å². The maximum Gasteiger partial charge on any atom is 0.191 e. The Labute approximate surface area is 194 Å². The molecule has 2 aromatic heterocycles. The van der Waals surface area contributed by atoms with Gasteiger partial charge in [-0.15, -0.1) is 34.2 Å². The quantitative estimate of drug-likeness (QED) is 0.232. The van der Waals surface area contributed by atoms with Crippen molar-refractivity contribution in [2.24, 2.45) is 4.99 Å². The first-order valence-corrected chi connectivity index (χ1v) is 10.1. The molecule has 1 aliphatic heterocycles. The lowest BCUT2D eigenvalue weighted by Crippen LogP contribution is -2.45. The van der Waals surface area contributed by atoms with Gasteiger partial charge in [0.05, 0.1) is 6.04 Å². The number of hydrogen-bond acceptors (Lipinski definition) is 4. The monoisotopic (exact) mass is 520 g/mol. The first-order chi connectivity index (χ1) is 14.1. The number of nitrogens with zero attached hydrogens (tertiary/aromatic N) is 4. The first-order valence-electron chi connectivity index (χ1n) is 10.1. The van der Waals surface area contributed by atoms with Crippen LogP contribution in [0.15, 0.2) is 53.7 Å². The van der Waals surface area contributed by atoms with Gasteiger partial charge in [0.2, 0.25) is 0 Å². The fourth-order valence-corrected chi connectivity index (χ4v) is 3.81. The van der Waals surface area contributed by atoms with Crippen molar-refractivity contribution in [3.63, 3.8) is 0 Å². The van der Waals surface area contributed by atoms with E-state index in [9.17, 15) is 0 Å². The number of aryl methyl sites for hydroxylation is 1. The maximum absolute atomic E-state index is 6.12. The first kappa shape index (κ1) is 22.3. The van der Waals surface area contributed by atoms with Crippen molar-refractivity contribution in [1.82, 2.24) is 25.2 Å². The molecule has 2 N–H and O–H groups in total. The number of hydrogen-bond donors (Lipinski definition) is 2. The molecule has 3 heterocycles. The highest BCUT2D eigenvalue weighted by molar-refractivity contribution is 14.0. The summed E-state index contributed by atoms with van der Waals surface area (Å²) in [5.41, 5.74) is 1.83. The third kappa shape index (κ3) is 5.03. The zero-order chi connectivity index (χ0) is 20.3. The summed E-state index contributed by atoms with van der Waals surface area (Å²) in [5.74, 6) is 2.72. The van der Waals surface area contributed by atoms with Crippen LogP contribution in [0.2, 0.25) is 0 Å². The van der Waals surface area contributed by atoms with Gasteiger partial charge in [0, 0.05) is 38.2 Å². The van der Waals surface area contributed by atoms with Crippen LogP contribution in [0.4, 0.5) is 0 Å². The van der Waals surface area contributed by atoms with E-state index in [-0.39, 0.29) is 35.6 Å². The molecule has 160 valence electrons. The summed E-state index contributed by atoms with van der Waals surface area (Å²) in [5, 5.41) is 15.5. The molecule has 0 aliphatic carbocycles. The third-order valence-electron chi connectivity index (χ3n) is 5.16. The average molecular weight is 520 g/mol. The van der Waals surface area contributed by atoms with Gasteiger partial charge in [-0.1, -0.05) is 24.3 Å². The van der Waals surface area contributed by atoms with E-state index in [1.807, 2.05) is 47.0 Å². The molecule has 30 heavy (non-hydrogen) atoms. The van der Waals surface area contributed by atoms with Gasteiger partial charge >= 0.3 is 0 Å². The fraction of sp³-hybridized carbons (Fsp3) is 0.409. The highest BCUT2D eigenvalue weighted by Crippen LogP contribution is 2.39. The number of para-hydroxylation sites is 1. The minimum Gasteiger partial charge on any atom is -0.487 e. The second-order valence-corrected chi connectivity index (χ2v) is 7.95. The summed E-state index contributed by atoms with van der Waals surface area (Å²) in [4.78, 5) is 4.41. The lowest BCUT2D eigenvalue weighted by Gasteiger charge is -2.38. The van der Waals surface area contributed by atoms with E-state index in [1.54, 1.807) is 7.05 Å². The molecule has 0 radical (unpaired) electrons. The largest absolute Gasteiger partial charge is 0.487 e. The van der Waals surface area contributed by atoms with Crippen LogP contribution in [-0.2, 0) is 6.42 Å². The van der Waals surface area contributed by atoms with E-state index >= 15 is 0 Å². The number of benzene rings is 1. The number of halogens is 1. The molecule has 0 bridgehead atoms. The fourth-order valence-electron chi connectivity index (χ4n) is 3.81. The number of ether oxygens (including phenoxy) is 1. The van der Waals surface area contributed by atoms with Crippen molar-refractivity contribution in [2.75, 3.05) is 13.6 Å². The summed E-state index contributed by atoms with van der Waals surface area (Å²) in [7, 11) is 1.80. The Morgan fingerprint density at radius 3 is 2.83 bits per heavy atom. The second-order valence-electron chi connectivity index (χ2n) is 7.95. The molecule has 1 aliphatic rings. The van der Waals surface area contributed by atoms with Crippen LogP contribution in [0.1, 0.15) is 44.1 Å². The number of nitrogens with one attached hydrogen (secondary N) is 2. The molecule has 0 fully saturated rings. The van der Waals surface area contributed by atoms with Crippen molar-refractivity contribution in [3.05, 3.63) is 60.0 Å². The third-order valence-corrected chi connectivity index (χ3v) is 5.16. The Morgan fingerprint density at radius 2 is 2.00 bits per heavy atom. The van der Waals surface area contributed by atoms with Crippen LogP contribution in [0.25, 0.3) is 5.65 Å². The van der Waals surface area contributed by atoms with Gasteiger partial charge in [0.25, 0.3) is 0 Å². The normalized spacial score (nSPS) is 17.6. The smallest absolute Gasteiger partial charge is 0.191 e. The zero-order valence-corrected chi connectivity index (χ0v) is 20.0. The minimum atomic E-state index is -0.223. The van der Waals surface area contributed by atoms with Crippen LogP contribution in [0.5, 0.6) is 5.75 Å². The van der Waals surface area contributed by atoms with E-state index < -0.39 is 0 Å². The average Bonchev–Trinajstić information content (AvgIpc) is 3.12. The van der Waals surface area contributed by atoms with Gasteiger partial charge in [0.1, 0.15) is 17.2 Å². The highest BCUT2D eigenvalue weighted by atomic mass is 127. The Balaban J connectivity index is 0.00000256. The van der Waals surface area contributed by atoms with E-state index in [0.29, 0.717) is 0 Å². The molecule has 0 amide bonds. The van der Waals surface area contributed by atoms with Crippen LogP contribution in [0.3, 0.4) is 0 Å². The molecule has 0 saturated heterocycles. The maximum atomic E-state index is 6.12. The summed E-state index contributed by atoms with van der Waals surface area (Å²) in [6.07, 6.45) is 4.66. The van der Waals surface area contributed by atoms with E-state index in [4.69, 9.17) is 4.74 Å². The Kier molecular flexibility index (Phi) is 7.17. The van der Waals surface area contributed by atoms with Crippen LogP contribution < -0.4 is 15.4 Å². The molecule has 1 unspecified atom stereocenters. The zero-order valence-electron chi connectivity index (χ0n) is 17.6. The minimum absolute atomic E-state index is 0. The van der Waals surface area contributed by atoms with Crippen LogP contribution in [-0.4, -0.2) is 39.8 Å². The standard InChI is InChI=1S/C22H28N6O.HI/c1-22(2)15-17(16-9-4-5-10-18(16)29-22)25-21(23-3)24-13-8-12-20-27-26-19-11-6-7-14-28(19)20;/h4-7,9-11,14,17H,8,12-13,15H2,1-3H3,(H2,23,24,25);1H. The van der Waals surface area contributed by atoms with E-state index in [1.165, 1.54) is 5.56 Å².